The Kier molecular flexibility index (Phi) is 12.0. The zero-order chi connectivity index (χ0) is 22.5. The van der Waals surface area contributed by atoms with Gasteiger partial charge in [-0.25, -0.2) is 0 Å². The molecular weight excluding hydrogens is 384 g/mol. The molecule has 1 atom stereocenters. The molecule has 174 valence electrons. The molecule has 1 fully saturated rings. The Morgan fingerprint density at radius 3 is 2.23 bits per heavy atom. The number of benzene rings is 1. The summed E-state index contributed by atoms with van der Waals surface area (Å²) in [4.78, 5) is 0. The monoisotopic (exact) mass is 428 g/mol. The lowest BCUT2D eigenvalue weighted by Gasteiger charge is -2.28. The van der Waals surface area contributed by atoms with Crippen LogP contribution in [0, 0.1) is 11.8 Å². The fourth-order valence-corrected chi connectivity index (χ4v) is 4.65. The number of hydrogen-bond acceptors (Lipinski definition) is 3. The summed E-state index contributed by atoms with van der Waals surface area (Å²) in [6.07, 6.45) is 13.8. The molecule has 0 spiro atoms. The third-order valence-electron chi connectivity index (χ3n) is 6.89. The minimum Gasteiger partial charge on any atom is -0.493 e. The van der Waals surface area contributed by atoms with Crippen molar-refractivity contribution < 1.29 is 14.6 Å². The van der Waals surface area contributed by atoms with Gasteiger partial charge in [0.2, 0.25) is 0 Å². The number of rotatable bonds is 15. The number of aliphatic hydroxyl groups is 1. The normalized spacial score (nSPS) is 19.7. The Bertz CT molecular complexity index is 641. The van der Waals surface area contributed by atoms with Crippen LogP contribution in [0.5, 0.6) is 0 Å². The largest absolute Gasteiger partial charge is 0.493 e. The van der Waals surface area contributed by atoms with Gasteiger partial charge in [-0.05, 0) is 35.8 Å². The summed E-state index contributed by atoms with van der Waals surface area (Å²) in [5.41, 5.74) is 3.14. The van der Waals surface area contributed by atoms with Gasteiger partial charge >= 0.3 is 0 Å². The van der Waals surface area contributed by atoms with E-state index in [1.54, 1.807) is 7.11 Å². The maximum atomic E-state index is 9.16. The molecule has 0 amide bonds. The quantitative estimate of drug-likeness (QED) is 0.189. The van der Waals surface area contributed by atoms with Crippen molar-refractivity contribution in [1.82, 2.24) is 0 Å². The van der Waals surface area contributed by atoms with Gasteiger partial charge < -0.3 is 14.6 Å². The molecule has 1 aliphatic rings. The van der Waals surface area contributed by atoms with E-state index in [1.807, 2.05) is 0 Å². The van der Waals surface area contributed by atoms with Gasteiger partial charge in [0, 0.05) is 18.6 Å². The number of unbranched alkanes of at least 4 members (excludes halogenated alkanes) is 2. The SMILES string of the molecule is C=C(CO)C(=C)OCC(COC)c1ccc(CCC2CCC(CCCCC)CC2)cc1. The van der Waals surface area contributed by atoms with Gasteiger partial charge in [0.15, 0.2) is 0 Å². The van der Waals surface area contributed by atoms with Gasteiger partial charge in [-0.1, -0.05) is 95.7 Å². The first kappa shape index (κ1) is 25.7. The molecule has 1 aromatic carbocycles. The van der Waals surface area contributed by atoms with Crippen molar-refractivity contribution in [2.24, 2.45) is 11.8 Å². The molecule has 2 rings (SSSR count). The lowest BCUT2D eigenvalue weighted by atomic mass is 9.77. The average Bonchev–Trinajstić information content (AvgIpc) is 2.81. The van der Waals surface area contributed by atoms with Crippen molar-refractivity contribution in [1.29, 1.82) is 0 Å². The van der Waals surface area contributed by atoms with Crippen LogP contribution >= 0.6 is 0 Å². The maximum Gasteiger partial charge on any atom is 0.117 e. The molecule has 0 radical (unpaired) electrons. The number of methoxy groups -OCH3 is 1. The smallest absolute Gasteiger partial charge is 0.117 e. The van der Waals surface area contributed by atoms with Crippen molar-refractivity contribution in [2.75, 3.05) is 26.9 Å². The van der Waals surface area contributed by atoms with Gasteiger partial charge in [-0.3, -0.25) is 0 Å². The highest BCUT2D eigenvalue weighted by atomic mass is 16.5. The molecule has 1 N–H and O–H groups in total. The molecule has 3 nitrogen and oxygen atoms in total. The lowest BCUT2D eigenvalue weighted by molar-refractivity contribution is 0.125. The zero-order valence-corrected chi connectivity index (χ0v) is 19.9. The molecule has 31 heavy (non-hydrogen) atoms. The molecule has 1 unspecified atom stereocenters. The van der Waals surface area contributed by atoms with Crippen LogP contribution in [-0.4, -0.2) is 32.0 Å². The minimum absolute atomic E-state index is 0.130. The van der Waals surface area contributed by atoms with Crippen molar-refractivity contribution in [3.8, 4) is 0 Å². The van der Waals surface area contributed by atoms with Gasteiger partial charge in [0.1, 0.15) is 5.76 Å². The molecule has 0 saturated heterocycles. The third kappa shape index (κ3) is 9.21. The van der Waals surface area contributed by atoms with Gasteiger partial charge in [-0.15, -0.1) is 0 Å². The highest BCUT2D eigenvalue weighted by molar-refractivity contribution is 5.26. The summed E-state index contributed by atoms with van der Waals surface area (Å²) in [6.45, 7) is 10.8. The van der Waals surface area contributed by atoms with Crippen LogP contribution in [-0.2, 0) is 15.9 Å². The number of aryl methyl sites for hydroxylation is 1. The highest BCUT2D eigenvalue weighted by Crippen LogP contribution is 2.34. The summed E-state index contributed by atoms with van der Waals surface area (Å²) >= 11 is 0. The average molecular weight is 429 g/mol. The number of ether oxygens (including phenoxy) is 2. The van der Waals surface area contributed by atoms with E-state index in [1.165, 1.54) is 75.3 Å². The second-order valence-electron chi connectivity index (χ2n) is 9.31. The predicted octanol–water partition coefficient (Wildman–Crippen LogP) is 6.81. The molecule has 1 saturated carbocycles. The van der Waals surface area contributed by atoms with Crippen LogP contribution in [0.3, 0.4) is 0 Å². The zero-order valence-electron chi connectivity index (χ0n) is 19.9. The molecule has 0 heterocycles. The summed E-state index contributed by atoms with van der Waals surface area (Å²) in [5.74, 6) is 2.47. The summed E-state index contributed by atoms with van der Waals surface area (Å²) in [7, 11) is 1.71. The molecule has 1 aliphatic carbocycles. The van der Waals surface area contributed by atoms with E-state index in [2.05, 4.69) is 44.3 Å². The molecule has 0 aliphatic heterocycles. The van der Waals surface area contributed by atoms with E-state index >= 15 is 0 Å². The minimum atomic E-state index is -0.136. The van der Waals surface area contributed by atoms with Crippen LogP contribution in [0.25, 0.3) is 0 Å². The first-order chi connectivity index (χ1) is 15.1. The summed E-state index contributed by atoms with van der Waals surface area (Å²) in [5, 5.41) is 9.16. The first-order valence-electron chi connectivity index (χ1n) is 12.3. The van der Waals surface area contributed by atoms with E-state index in [0.29, 0.717) is 24.5 Å². The molecule has 1 aromatic rings. The van der Waals surface area contributed by atoms with Gasteiger partial charge in [-0.2, -0.15) is 0 Å². The molecular formula is C28H44O3. The van der Waals surface area contributed by atoms with E-state index in [0.717, 1.165) is 11.8 Å². The molecule has 0 aromatic heterocycles. The van der Waals surface area contributed by atoms with Crippen LogP contribution in [0.4, 0.5) is 0 Å². The second kappa shape index (κ2) is 14.5. The maximum absolute atomic E-state index is 9.16. The Morgan fingerprint density at radius 2 is 1.65 bits per heavy atom. The fraction of sp³-hybridized carbons (Fsp3) is 0.643. The van der Waals surface area contributed by atoms with Gasteiger partial charge in [0.25, 0.3) is 0 Å². The second-order valence-corrected chi connectivity index (χ2v) is 9.31. The highest BCUT2D eigenvalue weighted by Gasteiger charge is 2.20. The van der Waals surface area contributed by atoms with Crippen LogP contribution < -0.4 is 0 Å². The molecule has 0 bridgehead atoms. The number of hydrogen-bond donors (Lipinski definition) is 1. The lowest BCUT2D eigenvalue weighted by Crippen LogP contribution is -2.15. The predicted molar refractivity (Wildman–Crippen MR) is 130 cm³/mol. The van der Waals surface area contributed by atoms with E-state index in [4.69, 9.17) is 14.6 Å². The van der Waals surface area contributed by atoms with Crippen molar-refractivity contribution in [2.45, 2.75) is 77.0 Å². The van der Waals surface area contributed by atoms with E-state index in [-0.39, 0.29) is 12.5 Å². The van der Waals surface area contributed by atoms with Crippen LogP contribution in [0.1, 0.15) is 81.8 Å². The van der Waals surface area contributed by atoms with E-state index < -0.39 is 0 Å². The third-order valence-corrected chi connectivity index (χ3v) is 6.89. The molecule has 3 heteroatoms. The Labute approximate surface area is 190 Å². The van der Waals surface area contributed by atoms with Crippen molar-refractivity contribution >= 4 is 0 Å². The summed E-state index contributed by atoms with van der Waals surface area (Å²) in [6, 6.07) is 8.93. The summed E-state index contributed by atoms with van der Waals surface area (Å²) < 4.78 is 11.1. The Morgan fingerprint density at radius 1 is 1.00 bits per heavy atom. The van der Waals surface area contributed by atoms with Crippen molar-refractivity contribution in [3.63, 3.8) is 0 Å². The standard InChI is InChI=1S/C28H44O3/c1-5-6-7-8-24-9-11-25(12-10-24)13-14-26-15-17-27(18-16-26)28(20-30-4)21-31-23(3)22(2)19-29/h15-18,24-25,28-29H,2-3,5-14,19-21H2,1,4H3. The Hall–Kier alpha value is -1.58. The number of aliphatic hydroxyl groups excluding tert-OH is 1. The van der Waals surface area contributed by atoms with Crippen molar-refractivity contribution in [3.05, 3.63) is 59.9 Å². The van der Waals surface area contributed by atoms with Gasteiger partial charge in [0.05, 0.1) is 19.8 Å². The Balaban J connectivity index is 1.77. The van der Waals surface area contributed by atoms with Crippen LogP contribution in [0.15, 0.2) is 48.8 Å². The first-order valence-corrected chi connectivity index (χ1v) is 12.3. The topological polar surface area (TPSA) is 38.7 Å². The fourth-order valence-electron chi connectivity index (χ4n) is 4.65. The van der Waals surface area contributed by atoms with E-state index in [9.17, 15) is 0 Å². The van der Waals surface area contributed by atoms with Crippen LogP contribution in [0.2, 0.25) is 0 Å².